The molecular formula is C21H10INO5S. The highest BCUT2D eigenvalue weighted by Gasteiger charge is 2.55. The van der Waals surface area contributed by atoms with Crippen LogP contribution >= 0.6 is 34.8 Å². The van der Waals surface area contributed by atoms with Crippen molar-refractivity contribution in [2.24, 2.45) is 4.99 Å². The summed E-state index contributed by atoms with van der Waals surface area (Å²) in [5.74, 6) is -0.0139. The van der Waals surface area contributed by atoms with Crippen molar-refractivity contribution in [1.29, 1.82) is 0 Å². The molecule has 8 heteroatoms. The summed E-state index contributed by atoms with van der Waals surface area (Å²) in [6.07, 6.45) is 0. The zero-order valence-corrected chi connectivity index (χ0v) is 17.4. The van der Waals surface area contributed by atoms with Gasteiger partial charge in [-0.25, -0.2) is 4.79 Å². The second kappa shape index (κ2) is 6.28. The maximum absolute atomic E-state index is 12.8. The molecule has 0 radical (unpaired) electrons. The Morgan fingerprint density at radius 2 is 1.86 bits per heavy atom. The number of hydrogen-bond donors (Lipinski definition) is 2. The Hall–Kier alpha value is -2.94. The van der Waals surface area contributed by atoms with Gasteiger partial charge in [0.05, 0.1) is 19.9 Å². The van der Waals surface area contributed by atoms with Crippen molar-refractivity contribution in [1.82, 2.24) is 0 Å². The van der Waals surface area contributed by atoms with Crippen LogP contribution in [-0.2, 0) is 10.3 Å². The van der Waals surface area contributed by atoms with Crippen LogP contribution in [0, 0.1) is 3.57 Å². The molecule has 2 aliphatic heterocycles. The Balaban J connectivity index is 1.96. The lowest BCUT2D eigenvalue weighted by atomic mass is 9.77. The smallest absolute Gasteiger partial charge is 0.340 e. The van der Waals surface area contributed by atoms with Gasteiger partial charge in [0.1, 0.15) is 28.7 Å². The molecule has 0 bridgehead atoms. The summed E-state index contributed by atoms with van der Waals surface area (Å²) < 4.78 is 12.5. The normalized spacial score (nSPS) is 18.2. The van der Waals surface area contributed by atoms with Gasteiger partial charge < -0.3 is 19.7 Å². The van der Waals surface area contributed by atoms with Gasteiger partial charge in [0.15, 0.2) is 5.60 Å². The lowest BCUT2D eigenvalue weighted by Crippen LogP contribution is -2.34. The molecule has 3 aromatic carbocycles. The first-order valence-electron chi connectivity index (χ1n) is 8.45. The molecule has 1 atom stereocenters. The lowest BCUT2D eigenvalue weighted by molar-refractivity contribution is 0.0221. The van der Waals surface area contributed by atoms with E-state index in [1.165, 1.54) is 18.2 Å². The highest BCUT2D eigenvalue weighted by Crippen LogP contribution is 2.59. The summed E-state index contributed by atoms with van der Waals surface area (Å²) in [5.41, 5.74) is 1.05. The number of benzene rings is 3. The Bertz CT molecular complexity index is 1280. The van der Waals surface area contributed by atoms with Crippen LogP contribution in [0.3, 0.4) is 0 Å². The van der Waals surface area contributed by atoms with Crippen LogP contribution in [0.5, 0.6) is 23.0 Å². The number of thiocarbonyl (C=S) groups is 1. The summed E-state index contributed by atoms with van der Waals surface area (Å²) >= 11 is 6.74. The minimum atomic E-state index is -1.32. The molecule has 2 aliphatic rings. The molecule has 3 aromatic rings. The van der Waals surface area contributed by atoms with E-state index >= 15 is 0 Å². The molecule has 142 valence electrons. The van der Waals surface area contributed by atoms with Gasteiger partial charge in [0.2, 0.25) is 0 Å². The Morgan fingerprint density at radius 1 is 1.07 bits per heavy atom. The molecule has 1 spiro atoms. The third kappa shape index (κ3) is 2.37. The second-order valence-electron chi connectivity index (χ2n) is 6.53. The molecular weight excluding hydrogens is 505 g/mol. The zero-order chi connectivity index (χ0) is 20.3. The monoisotopic (exact) mass is 515 g/mol. The number of ether oxygens (including phenoxy) is 2. The summed E-state index contributed by atoms with van der Waals surface area (Å²) in [6, 6.07) is 13.1. The van der Waals surface area contributed by atoms with E-state index in [1.807, 2.05) is 34.7 Å². The van der Waals surface area contributed by atoms with Crippen molar-refractivity contribution in [3.05, 3.63) is 74.4 Å². The van der Waals surface area contributed by atoms with Gasteiger partial charge in [0, 0.05) is 23.3 Å². The predicted molar refractivity (Wildman–Crippen MR) is 115 cm³/mol. The molecule has 0 fully saturated rings. The highest BCUT2D eigenvalue weighted by atomic mass is 127. The van der Waals surface area contributed by atoms with E-state index < -0.39 is 11.6 Å². The number of phenolic OH excluding ortho intramolecular Hbond substituents is 2. The molecule has 0 aromatic heterocycles. The van der Waals surface area contributed by atoms with Crippen molar-refractivity contribution in [3.63, 3.8) is 0 Å². The first kappa shape index (κ1) is 18.1. The fourth-order valence-corrected chi connectivity index (χ4v) is 5.04. The number of aromatic hydroxyl groups is 2. The lowest BCUT2D eigenvalue weighted by Gasteiger charge is -2.37. The van der Waals surface area contributed by atoms with Crippen molar-refractivity contribution in [3.8, 4) is 23.0 Å². The van der Waals surface area contributed by atoms with Crippen LogP contribution in [0.1, 0.15) is 27.0 Å². The number of carbonyl (C=O) groups excluding carboxylic acids is 1. The molecule has 5 rings (SSSR count). The van der Waals surface area contributed by atoms with E-state index in [9.17, 15) is 15.0 Å². The Labute approximate surface area is 183 Å². The molecule has 29 heavy (non-hydrogen) atoms. The molecule has 0 aliphatic carbocycles. The maximum atomic E-state index is 12.8. The number of aliphatic imine (C=N–C) groups is 1. The first-order valence-corrected chi connectivity index (χ1v) is 9.94. The molecule has 0 amide bonds. The summed E-state index contributed by atoms with van der Waals surface area (Å²) in [6.45, 7) is 0. The van der Waals surface area contributed by atoms with Crippen molar-refractivity contribution in [2.75, 3.05) is 0 Å². The quantitative estimate of drug-likeness (QED) is 0.205. The van der Waals surface area contributed by atoms with Crippen molar-refractivity contribution in [2.45, 2.75) is 5.60 Å². The molecule has 2 N–H and O–H groups in total. The van der Waals surface area contributed by atoms with Crippen LogP contribution in [0.15, 0.2) is 53.5 Å². The summed E-state index contributed by atoms with van der Waals surface area (Å²) in [5, 5.41) is 22.7. The maximum Gasteiger partial charge on any atom is 0.340 e. The molecule has 2 heterocycles. The minimum Gasteiger partial charge on any atom is -0.508 e. The zero-order valence-electron chi connectivity index (χ0n) is 14.5. The van der Waals surface area contributed by atoms with Gasteiger partial charge in [-0.2, -0.15) is 4.99 Å². The van der Waals surface area contributed by atoms with E-state index in [-0.39, 0.29) is 22.9 Å². The molecule has 6 nitrogen and oxygen atoms in total. The number of isothiocyanates is 1. The van der Waals surface area contributed by atoms with Crippen molar-refractivity contribution >= 4 is 51.6 Å². The number of esters is 1. The van der Waals surface area contributed by atoms with Crippen LogP contribution < -0.4 is 4.74 Å². The Kier molecular flexibility index (Phi) is 3.92. The van der Waals surface area contributed by atoms with Crippen LogP contribution in [0.2, 0.25) is 0 Å². The SMILES string of the molecule is O=C1OC2(c3ccc(O)cc3Oc3cc(O)c(N=C=S)c(I)c32)c2ccccc21. The number of hydrogen-bond acceptors (Lipinski definition) is 7. The van der Waals surface area contributed by atoms with E-state index in [0.29, 0.717) is 31.6 Å². The van der Waals surface area contributed by atoms with Gasteiger partial charge in [-0.05, 0) is 53.0 Å². The van der Waals surface area contributed by atoms with E-state index in [2.05, 4.69) is 10.2 Å². The van der Waals surface area contributed by atoms with E-state index in [1.54, 1.807) is 18.2 Å². The third-order valence-electron chi connectivity index (χ3n) is 5.03. The predicted octanol–water partition coefficient (Wildman–Crippen LogP) is 5.00. The summed E-state index contributed by atoms with van der Waals surface area (Å²) in [7, 11) is 0. The van der Waals surface area contributed by atoms with E-state index in [4.69, 9.17) is 21.7 Å². The average Bonchev–Trinajstić information content (AvgIpc) is 2.98. The van der Waals surface area contributed by atoms with E-state index in [0.717, 1.165) is 0 Å². The standard InChI is InChI=1S/C21H10INO5S/c22-18-17-16(8-14(25)19(18)23-9-29)27-15-7-10(24)5-6-13(15)21(17)12-4-2-1-3-11(12)20(26)28-21/h1-8,24-25H. The Morgan fingerprint density at radius 3 is 2.66 bits per heavy atom. The largest absolute Gasteiger partial charge is 0.508 e. The fraction of sp³-hybridized carbons (Fsp3) is 0.0476. The van der Waals surface area contributed by atoms with Crippen molar-refractivity contribution < 1.29 is 24.5 Å². The van der Waals surface area contributed by atoms with Gasteiger partial charge in [0.25, 0.3) is 0 Å². The molecule has 1 unspecified atom stereocenters. The molecule has 0 saturated carbocycles. The molecule has 0 saturated heterocycles. The fourth-order valence-electron chi connectivity index (χ4n) is 3.91. The van der Waals surface area contributed by atoms with Crippen LogP contribution in [0.25, 0.3) is 0 Å². The number of nitrogens with zero attached hydrogens (tertiary/aromatic N) is 1. The first-order chi connectivity index (χ1) is 14.0. The topological polar surface area (TPSA) is 88.4 Å². The number of carbonyl (C=O) groups is 1. The van der Waals surface area contributed by atoms with Gasteiger partial charge in [-0.15, -0.1) is 0 Å². The number of rotatable bonds is 1. The minimum absolute atomic E-state index is 0.000745. The number of halogens is 1. The average molecular weight is 515 g/mol. The highest BCUT2D eigenvalue weighted by molar-refractivity contribution is 14.1. The van der Waals surface area contributed by atoms with Gasteiger partial charge in [-0.3, -0.25) is 0 Å². The van der Waals surface area contributed by atoms with Gasteiger partial charge >= 0.3 is 5.97 Å². The van der Waals surface area contributed by atoms with Gasteiger partial charge in [-0.1, -0.05) is 18.2 Å². The summed E-state index contributed by atoms with van der Waals surface area (Å²) in [4.78, 5) is 16.8. The number of phenols is 2. The van der Waals surface area contributed by atoms with Crippen LogP contribution in [-0.4, -0.2) is 21.3 Å². The van der Waals surface area contributed by atoms with Crippen LogP contribution in [0.4, 0.5) is 5.69 Å². The third-order valence-corrected chi connectivity index (χ3v) is 6.17. The number of fused-ring (bicyclic) bond motifs is 6. The second-order valence-corrected chi connectivity index (χ2v) is 7.79.